The van der Waals surface area contributed by atoms with E-state index in [9.17, 15) is 14.0 Å². The van der Waals surface area contributed by atoms with Crippen molar-refractivity contribution in [2.75, 3.05) is 13.2 Å². The zero-order valence-corrected chi connectivity index (χ0v) is 17.5. The summed E-state index contributed by atoms with van der Waals surface area (Å²) in [6.07, 6.45) is 1.60. The molecule has 0 unspecified atom stereocenters. The lowest BCUT2D eigenvalue weighted by Gasteiger charge is -2.15. The molecule has 1 heterocycles. The van der Waals surface area contributed by atoms with Crippen molar-refractivity contribution in [3.63, 3.8) is 0 Å². The van der Waals surface area contributed by atoms with Gasteiger partial charge in [-0.05, 0) is 67.1 Å². The molecule has 0 aliphatic carbocycles. The molecule has 0 saturated carbocycles. The molecule has 0 spiro atoms. The van der Waals surface area contributed by atoms with Gasteiger partial charge >= 0.3 is 0 Å². The fraction of sp³-hybridized carbons (Fsp3) is 0.238. The minimum absolute atomic E-state index is 0.117. The summed E-state index contributed by atoms with van der Waals surface area (Å²) in [6, 6.07) is 9.41. The fourth-order valence-electron chi connectivity index (χ4n) is 2.78. The summed E-state index contributed by atoms with van der Waals surface area (Å²) in [5.74, 6) is 0.0515. The number of ether oxygens (including phenoxy) is 2. The first-order chi connectivity index (χ1) is 13.9. The molecule has 0 radical (unpaired) electrons. The highest BCUT2D eigenvalue weighted by molar-refractivity contribution is 8.18. The minimum Gasteiger partial charge on any atom is -0.490 e. The zero-order chi connectivity index (χ0) is 21.0. The molecular formula is C21H19ClFNO4S. The molecule has 2 amide bonds. The van der Waals surface area contributed by atoms with Crippen molar-refractivity contribution in [3.8, 4) is 11.5 Å². The summed E-state index contributed by atoms with van der Waals surface area (Å²) in [5, 5.41) is -0.0109. The number of nitrogens with zero attached hydrogens (tertiary/aromatic N) is 1. The van der Waals surface area contributed by atoms with Crippen LogP contribution in [0.15, 0.2) is 41.3 Å². The number of amides is 2. The van der Waals surface area contributed by atoms with Crippen LogP contribution in [0.4, 0.5) is 9.18 Å². The van der Waals surface area contributed by atoms with E-state index in [0.717, 1.165) is 11.8 Å². The number of carbonyl (C=O) groups is 2. The third kappa shape index (κ3) is 4.92. The number of imide groups is 1. The van der Waals surface area contributed by atoms with Crippen LogP contribution in [-0.2, 0) is 11.4 Å². The summed E-state index contributed by atoms with van der Waals surface area (Å²) in [7, 11) is 0. The minimum atomic E-state index is -0.349. The van der Waals surface area contributed by atoms with Crippen molar-refractivity contribution in [2.24, 2.45) is 0 Å². The first-order valence-electron chi connectivity index (χ1n) is 9.01. The average molecular weight is 436 g/mol. The van der Waals surface area contributed by atoms with Crippen LogP contribution in [0.2, 0.25) is 5.02 Å². The summed E-state index contributed by atoms with van der Waals surface area (Å²) >= 11 is 7.28. The molecule has 1 aliphatic heterocycles. The summed E-state index contributed by atoms with van der Waals surface area (Å²) in [4.78, 5) is 25.7. The van der Waals surface area contributed by atoms with Crippen LogP contribution in [0.1, 0.15) is 25.0 Å². The second kappa shape index (κ2) is 9.33. The lowest BCUT2D eigenvalue weighted by atomic mass is 10.1. The molecule has 1 aliphatic rings. The van der Waals surface area contributed by atoms with Gasteiger partial charge in [0.1, 0.15) is 12.4 Å². The SMILES string of the molecule is CCOc1cc(/C=C2\SC(=O)N(CC)C2=O)cc(Cl)c1OCc1cccc(F)c1. The van der Waals surface area contributed by atoms with Gasteiger partial charge in [0.05, 0.1) is 16.5 Å². The summed E-state index contributed by atoms with van der Waals surface area (Å²) in [5.41, 5.74) is 1.26. The number of likely N-dealkylation sites (N-methyl/N-ethyl adjacent to an activating group) is 1. The highest BCUT2D eigenvalue weighted by Crippen LogP contribution is 2.39. The topological polar surface area (TPSA) is 55.8 Å². The van der Waals surface area contributed by atoms with Crippen molar-refractivity contribution in [3.05, 3.63) is 63.3 Å². The molecule has 5 nitrogen and oxygen atoms in total. The van der Waals surface area contributed by atoms with Crippen molar-refractivity contribution in [2.45, 2.75) is 20.5 Å². The molecule has 1 saturated heterocycles. The molecule has 0 aromatic heterocycles. The van der Waals surface area contributed by atoms with E-state index in [1.807, 2.05) is 6.92 Å². The van der Waals surface area contributed by atoms with Gasteiger partial charge in [-0.2, -0.15) is 0 Å². The molecule has 2 aromatic rings. The van der Waals surface area contributed by atoms with Crippen LogP contribution in [0.3, 0.4) is 0 Å². The third-order valence-corrected chi connectivity index (χ3v) is 5.28. The van der Waals surface area contributed by atoms with Gasteiger partial charge in [-0.25, -0.2) is 4.39 Å². The second-order valence-electron chi connectivity index (χ2n) is 6.11. The molecule has 2 aromatic carbocycles. The Hall–Kier alpha value is -2.51. The quantitative estimate of drug-likeness (QED) is 0.536. The van der Waals surface area contributed by atoms with Crippen molar-refractivity contribution < 1.29 is 23.5 Å². The Kier molecular flexibility index (Phi) is 6.82. The van der Waals surface area contributed by atoms with Gasteiger partial charge in [0.2, 0.25) is 0 Å². The average Bonchev–Trinajstić information content (AvgIpc) is 2.94. The van der Waals surface area contributed by atoms with E-state index >= 15 is 0 Å². The maximum absolute atomic E-state index is 13.4. The Morgan fingerprint density at radius 1 is 1.17 bits per heavy atom. The number of halogens is 2. The van der Waals surface area contributed by atoms with E-state index in [4.69, 9.17) is 21.1 Å². The maximum Gasteiger partial charge on any atom is 0.293 e. The van der Waals surface area contributed by atoms with Gasteiger partial charge in [0, 0.05) is 6.54 Å². The largest absolute Gasteiger partial charge is 0.490 e. The number of benzene rings is 2. The highest BCUT2D eigenvalue weighted by atomic mass is 35.5. The van der Waals surface area contributed by atoms with Gasteiger partial charge in [-0.15, -0.1) is 0 Å². The Labute approximate surface area is 177 Å². The first kappa shape index (κ1) is 21.2. The van der Waals surface area contributed by atoms with Gasteiger partial charge in [0.15, 0.2) is 11.5 Å². The van der Waals surface area contributed by atoms with Crippen LogP contribution < -0.4 is 9.47 Å². The predicted molar refractivity (Wildman–Crippen MR) is 112 cm³/mol. The van der Waals surface area contributed by atoms with Gasteiger partial charge in [0.25, 0.3) is 11.1 Å². The normalized spacial score (nSPS) is 15.3. The van der Waals surface area contributed by atoms with Gasteiger partial charge < -0.3 is 9.47 Å². The van der Waals surface area contributed by atoms with Crippen molar-refractivity contribution in [1.29, 1.82) is 0 Å². The van der Waals surface area contributed by atoms with Crippen molar-refractivity contribution in [1.82, 2.24) is 4.90 Å². The van der Waals surface area contributed by atoms with E-state index in [-0.39, 0.29) is 28.6 Å². The Morgan fingerprint density at radius 3 is 2.62 bits per heavy atom. The number of hydrogen-bond acceptors (Lipinski definition) is 5. The Bertz CT molecular complexity index is 979. The molecule has 8 heteroatoms. The van der Waals surface area contributed by atoms with E-state index in [1.54, 1.807) is 37.3 Å². The molecule has 0 N–H and O–H groups in total. The maximum atomic E-state index is 13.4. The molecule has 3 rings (SSSR count). The zero-order valence-electron chi connectivity index (χ0n) is 15.9. The number of hydrogen-bond donors (Lipinski definition) is 0. The van der Waals surface area contributed by atoms with Crippen LogP contribution >= 0.6 is 23.4 Å². The van der Waals surface area contributed by atoms with Crippen molar-refractivity contribution >= 4 is 40.6 Å². The second-order valence-corrected chi connectivity index (χ2v) is 7.51. The van der Waals surface area contributed by atoms with Gasteiger partial charge in [-0.1, -0.05) is 23.7 Å². The molecule has 0 bridgehead atoms. The van der Waals surface area contributed by atoms with E-state index in [0.29, 0.717) is 40.7 Å². The number of rotatable bonds is 7. The van der Waals surface area contributed by atoms with Crippen LogP contribution in [-0.4, -0.2) is 29.2 Å². The lowest BCUT2D eigenvalue weighted by Crippen LogP contribution is -2.27. The van der Waals surface area contributed by atoms with Crippen LogP contribution in [0.5, 0.6) is 11.5 Å². The lowest BCUT2D eigenvalue weighted by molar-refractivity contribution is -0.122. The Balaban J connectivity index is 1.87. The van der Waals surface area contributed by atoms with E-state index in [2.05, 4.69) is 0 Å². The number of carbonyl (C=O) groups excluding carboxylic acids is 2. The third-order valence-electron chi connectivity index (χ3n) is 4.09. The molecule has 0 atom stereocenters. The van der Waals surface area contributed by atoms with E-state index < -0.39 is 0 Å². The van der Waals surface area contributed by atoms with E-state index in [1.165, 1.54) is 17.0 Å². The van der Waals surface area contributed by atoms with Crippen LogP contribution in [0, 0.1) is 5.82 Å². The monoisotopic (exact) mass is 435 g/mol. The highest BCUT2D eigenvalue weighted by Gasteiger charge is 2.33. The van der Waals surface area contributed by atoms with Gasteiger partial charge in [-0.3, -0.25) is 14.5 Å². The predicted octanol–water partition coefficient (Wildman–Crippen LogP) is 5.51. The molecular weight excluding hydrogens is 417 g/mol. The van der Waals surface area contributed by atoms with Crippen LogP contribution in [0.25, 0.3) is 6.08 Å². The molecule has 152 valence electrons. The smallest absolute Gasteiger partial charge is 0.293 e. The molecule has 1 fully saturated rings. The summed E-state index contributed by atoms with van der Waals surface area (Å²) in [6.45, 7) is 4.38. The molecule has 29 heavy (non-hydrogen) atoms. The standard InChI is InChI=1S/C21H19ClFNO4S/c1-3-24-20(25)18(29-21(24)26)11-14-9-16(22)19(17(10-14)27-4-2)28-12-13-6-5-7-15(23)8-13/h5-11H,3-4,12H2,1-2H3/b18-11-. The number of thioether (sulfide) groups is 1. The summed E-state index contributed by atoms with van der Waals surface area (Å²) < 4.78 is 24.8. The fourth-order valence-corrected chi connectivity index (χ4v) is 3.96. The first-order valence-corrected chi connectivity index (χ1v) is 10.2. The Morgan fingerprint density at radius 2 is 1.97 bits per heavy atom.